The van der Waals surface area contributed by atoms with Crippen LogP contribution in [-0.4, -0.2) is 30.1 Å². The number of hydrogen-bond acceptors (Lipinski definition) is 4. The average Bonchev–Trinajstić information content (AvgIpc) is 2.46. The molecule has 0 bridgehead atoms. The minimum atomic E-state index is 0.665. The van der Waals surface area contributed by atoms with Gasteiger partial charge in [0.2, 0.25) is 0 Å². The second kappa shape index (κ2) is 7.01. The van der Waals surface area contributed by atoms with Crippen LogP contribution in [0.2, 0.25) is 0 Å². The summed E-state index contributed by atoms with van der Waals surface area (Å²) in [5.41, 5.74) is 9.28. The minimum Gasteiger partial charge on any atom is -0.359 e. The Labute approximate surface area is 120 Å². The van der Waals surface area contributed by atoms with E-state index in [4.69, 9.17) is 5.73 Å². The van der Waals surface area contributed by atoms with E-state index in [9.17, 15) is 0 Å². The third-order valence-electron chi connectivity index (χ3n) is 3.39. The first kappa shape index (κ1) is 14.5. The van der Waals surface area contributed by atoms with Crippen molar-refractivity contribution in [2.45, 2.75) is 19.8 Å². The third-order valence-corrected chi connectivity index (χ3v) is 3.39. The molecule has 0 saturated carbocycles. The summed E-state index contributed by atoms with van der Waals surface area (Å²) in [4.78, 5) is 10.8. The van der Waals surface area contributed by atoms with Crippen molar-refractivity contribution < 1.29 is 0 Å². The highest BCUT2D eigenvalue weighted by molar-refractivity contribution is 5.46. The fourth-order valence-electron chi connectivity index (χ4n) is 2.28. The molecule has 0 aliphatic heterocycles. The Balaban J connectivity index is 2.00. The van der Waals surface area contributed by atoms with Gasteiger partial charge >= 0.3 is 0 Å². The zero-order valence-corrected chi connectivity index (χ0v) is 12.2. The first-order chi connectivity index (χ1) is 9.70. The maximum absolute atomic E-state index is 5.58. The minimum absolute atomic E-state index is 0.665. The molecule has 0 atom stereocenters. The second-order valence-electron chi connectivity index (χ2n) is 5.05. The quantitative estimate of drug-likeness (QED) is 0.872. The van der Waals surface area contributed by atoms with Gasteiger partial charge in [-0.25, -0.2) is 4.98 Å². The van der Waals surface area contributed by atoms with Gasteiger partial charge in [-0.05, 0) is 55.1 Å². The van der Waals surface area contributed by atoms with Crippen molar-refractivity contribution in [3.63, 3.8) is 0 Å². The zero-order valence-electron chi connectivity index (χ0n) is 12.2. The van der Waals surface area contributed by atoms with Gasteiger partial charge in [-0.1, -0.05) is 6.07 Å². The molecule has 0 aromatic carbocycles. The van der Waals surface area contributed by atoms with Crippen LogP contribution in [0.15, 0.2) is 36.8 Å². The van der Waals surface area contributed by atoms with Gasteiger partial charge in [-0.3, -0.25) is 4.98 Å². The maximum atomic E-state index is 5.58. The van der Waals surface area contributed by atoms with Crippen LogP contribution in [0.5, 0.6) is 0 Å². The number of aromatic nitrogens is 2. The first-order valence-electron chi connectivity index (χ1n) is 6.96. The highest BCUT2D eigenvalue weighted by atomic mass is 15.2. The number of anilines is 1. The maximum Gasteiger partial charge on any atom is 0.131 e. The van der Waals surface area contributed by atoms with E-state index >= 15 is 0 Å². The molecule has 0 amide bonds. The van der Waals surface area contributed by atoms with Crippen molar-refractivity contribution in [2.24, 2.45) is 5.73 Å². The van der Waals surface area contributed by atoms with Crippen LogP contribution < -0.4 is 10.6 Å². The molecule has 0 radical (unpaired) electrons. The molecular formula is C16H22N4. The van der Waals surface area contributed by atoms with Gasteiger partial charge in [0.1, 0.15) is 5.82 Å². The molecule has 20 heavy (non-hydrogen) atoms. The molecule has 2 N–H and O–H groups in total. The van der Waals surface area contributed by atoms with Gasteiger partial charge in [0.05, 0.1) is 0 Å². The predicted octanol–water partition coefficient (Wildman–Crippen LogP) is 1.97. The standard InChI is InChI=1S/C16H22N4/c1-13-11-15(3-7-17)12-19-16(13)20(2)10-6-14-4-8-18-9-5-14/h4-5,8-9,11-12H,3,6-7,10,17H2,1-2H3. The van der Waals surface area contributed by atoms with Crippen LogP contribution in [0.25, 0.3) is 0 Å². The van der Waals surface area contributed by atoms with Crippen LogP contribution >= 0.6 is 0 Å². The molecule has 2 heterocycles. The van der Waals surface area contributed by atoms with Crippen molar-refractivity contribution in [1.29, 1.82) is 0 Å². The lowest BCUT2D eigenvalue weighted by molar-refractivity contribution is 0.849. The van der Waals surface area contributed by atoms with Gasteiger partial charge in [-0.2, -0.15) is 0 Å². The van der Waals surface area contributed by atoms with Crippen molar-refractivity contribution in [3.05, 3.63) is 53.5 Å². The van der Waals surface area contributed by atoms with E-state index in [1.807, 2.05) is 18.6 Å². The molecule has 0 aliphatic carbocycles. The van der Waals surface area contributed by atoms with Crippen LogP contribution in [0.1, 0.15) is 16.7 Å². The SMILES string of the molecule is Cc1cc(CCN)cnc1N(C)CCc1ccncc1. The summed E-state index contributed by atoms with van der Waals surface area (Å²) >= 11 is 0. The normalized spacial score (nSPS) is 10.6. The molecule has 0 unspecified atom stereocenters. The lowest BCUT2D eigenvalue weighted by Gasteiger charge is -2.20. The Morgan fingerprint density at radius 2 is 1.90 bits per heavy atom. The molecule has 0 fully saturated rings. The van der Waals surface area contributed by atoms with E-state index in [2.05, 4.69) is 47.0 Å². The molecular weight excluding hydrogens is 248 g/mol. The molecule has 2 aromatic heterocycles. The van der Waals surface area contributed by atoms with E-state index in [1.54, 1.807) is 0 Å². The van der Waals surface area contributed by atoms with Crippen LogP contribution in [0.3, 0.4) is 0 Å². The number of likely N-dealkylation sites (N-methyl/N-ethyl adjacent to an activating group) is 1. The molecule has 106 valence electrons. The molecule has 0 saturated heterocycles. The fraction of sp³-hybridized carbons (Fsp3) is 0.375. The molecule has 4 heteroatoms. The molecule has 0 spiro atoms. The smallest absolute Gasteiger partial charge is 0.131 e. The van der Waals surface area contributed by atoms with E-state index < -0.39 is 0 Å². The number of nitrogens with zero attached hydrogens (tertiary/aromatic N) is 3. The highest BCUT2D eigenvalue weighted by Crippen LogP contribution is 2.17. The first-order valence-corrected chi connectivity index (χ1v) is 6.96. The number of pyridine rings is 2. The summed E-state index contributed by atoms with van der Waals surface area (Å²) < 4.78 is 0. The van der Waals surface area contributed by atoms with Gasteiger partial charge in [0, 0.05) is 32.2 Å². The molecule has 4 nitrogen and oxygen atoms in total. The Morgan fingerprint density at radius 1 is 1.15 bits per heavy atom. The molecule has 2 aromatic rings. The van der Waals surface area contributed by atoms with Crippen LogP contribution in [0, 0.1) is 6.92 Å². The lowest BCUT2D eigenvalue weighted by atomic mass is 10.1. The molecule has 0 aliphatic rings. The topological polar surface area (TPSA) is 55.0 Å². The summed E-state index contributed by atoms with van der Waals surface area (Å²) in [6.07, 6.45) is 7.47. The Kier molecular flexibility index (Phi) is 5.07. The lowest BCUT2D eigenvalue weighted by Crippen LogP contribution is -2.22. The van der Waals surface area contributed by atoms with Crippen molar-refractivity contribution in [3.8, 4) is 0 Å². The van der Waals surface area contributed by atoms with Crippen LogP contribution in [0.4, 0.5) is 5.82 Å². The highest BCUT2D eigenvalue weighted by Gasteiger charge is 2.07. The Bertz CT molecular complexity index is 539. The monoisotopic (exact) mass is 270 g/mol. The number of hydrogen-bond donors (Lipinski definition) is 1. The summed E-state index contributed by atoms with van der Waals surface area (Å²) in [5.74, 6) is 1.04. The van der Waals surface area contributed by atoms with Crippen molar-refractivity contribution in [1.82, 2.24) is 9.97 Å². The number of rotatable bonds is 6. The van der Waals surface area contributed by atoms with Crippen LogP contribution in [-0.2, 0) is 12.8 Å². The predicted molar refractivity (Wildman–Crippen MR) is 82.9 cm³/mol. The van der Waals surface area contributed by atoms with E-state index in [1.165, 1.54) is 16.7 Å². The van der Waals surface area contributed by atoms with Gasteiger partial charge in [0.25, 0.3) is 0 Å². The molecule has 2 rings (SSSR count). The van der Waals surface area contributed by atoms with Crippen molar-refractivity contribution in [2.75, 3.05) is 25.0 Å². The van der Waals surface area contributed by atoms with Gasteiger partial charge in [-0.15, -0.1) is 0 Å². The van der Waals surface area contributed by atoms with Gasteiger partial charge in [0.15, 0.2) is 0 Å². The van der Waals surface area contributed by atoms with E-state index in [0.29, 0.717) is 6.54 Å². The second-order valence-corrected chi connectivity index (χ2v) is 5.05. The Hall–Kier alpha value is -1.94. The van der Waals surface area contributed by atoms with E-state index in [-0.39, 0.29) is 0 Å². The van der Waals surface area contributed by atoms with Gasteiger partial charge < -0.3 is 10.6 Å². The zero-order chi connectivity index (χ0) is 14.4. The fourth-order valence-corrected chi connectivity index (χ4v) is 2.28. The Morgan fingerprint density at radius 3 is 2.55 bits per heavy atom. The summed E-state index contributed by atoms with van der Waals surface area (Å²) in [7, 11) is 2.08. The number of aryl methyl sites for hydroxylation is 1. The summed E-state index contributed by atoms with van der Waals surface area (Å²) in [6, 6.07) is 6.29. The number of nitrogens with two attached hydrogens (primary N) is 1. The summed E-state index contributed by atoms with van der Waals surface area (Å²) in [5, 5.41) is 0. The third kappa shape index (κ3) is 3.78. The summed E-state index contributed by atoms with van der Waals surface area (Å²) in [6.45, 7) is 3.71. The largest absolute Gasteiger partial charge is 0.359 e. The van der Waals surface area contributed by atoms with E-state index in [0.717, 1.165) is 25.2 Å². The average molecular weight is 270 g/mol. The van der Waals surface area contributed by atoms with Crippen molar-refractivity contribution >= 4 is 5.82 Å².